The van der Waals surface area contributed by atoms with Crippen LogP contribution in [0.1, 0.15) is 35.6 Å². The predicted octanol–water partition coefficient (Wildman–Crippen LogP) is 4.65. The van der Waals surface area contributed by atoms with Crippen LogP contribution in [0.5, 0.6) is 0 Å². The molecule has 0 aliphatic carbocycles. The van der Waals surface area contributed by atoms with E-state index in [-0.39, 0.29) is 5.92 Å². The van der Waals surface area contributed by atoms with Crippen molar-refractivity contribution in [2.24, 2.45) is 5.73 Å². The summed E-state index contributed by atoms with van der Waals surface area (Å²) in [6, 6.07) is 11.6. The van der Waals surface area contributed by atoms with Crippen molar-refractivity contribution in [2.75, 3.05) is 0 Å². The minimum absolute atomic E-state index is 0.137. The monoisotopic (exact) mass is 297 g/mol. The van der Waals surface area contributed by atoms with E-state index in [4.69, 9.17) is 5.73 Å². The van der Waals surface area contributed by atoms with Crippen LogP contribution in [0, 0.1) is 5.82 Å². The molecule has 2 unspecified atom stereocenters. The highest BCUT2D eigenvalue weighted by Gasteiger charge is 2.34. The summed E-state index contributed by atoms with van der Waals surface area (Å²) in [5.41, 5.74) is 6.07. The lowest BCUT2D eigenvalue weighted by atomic mass is 9.89. The van der Waals surface area contributed by atoms with E-state index in [9.17, 15) is 17.6 Å². The van der Waals surface area contributed by atoms with Crippen LogP contribution in [-0.4, -0.2) is 0 Å². The molecule has 2 aromatic rings. The summed E-state index contributed by atoms with van der Waals surface area (Å²) in [6.07, 6.45) is -4.70. The van der Waals surface area contributed by atoms with Gasteiger partial charge in [0.25, 0.3) is 0 Å². The molecule has 2 aromatic carbocycles. The first-order valence-corrected chi connectivity index (χ1v) is 6.48. The van der Waals surface area contributed by atoms with Gasteiger partial charge in [-0.3, -0.25) is 0 Å². The number of benzene rings is 2. The summed E-state index contributed by atoms with van der Waals surface area (Å²) >= 11 is 0. The second kappa shape index (κ2) is 5.85. The fourth-order valence-electron chi connectivity index (χ4n) is 2.22. The SMILES string of the molecule is CC(c1ccccc1)C(N)c1ccc(C(F)(F)F)c(F)c1. The van der Waals surface area contributed by atoms with Gasteiger partial charge in [0.1, 0.15) is 5.82 Å². The first-order chi connectivity index (χ1) is 9.80. The zero-order chi connectivity index (χ0) is 15.6. The molecule has 0 bridgehead atoms. The number of nitrogens with two attached hydrogens (primary N) is 1. The minimum Gasteiger partial charge on any atom is -0.323 e. The maximum absolute atomic E-state index is 13.6. The first kappa shape index (κ1) is 15.5. The molecule has 21 heavy (non-hydrogen) atoms. The van der Waals surface area contributed by atoms with Gasteiger partial charge >= 0.3 is 6.18 Å². The molecule has 0 heterocycles. The molecule has 0 aromatic heterocycles. The molecule has 112 valence electrons. The van der Waals surface area contributed by atoms with Gasteiger partial charge in [0.05, 0.1) is 5.56 Å². The molecule has 0 radical (unpaired) electrons. The zero-order valence-electron chi connectivity index (χ0n) is 11.4. The lowest BCUT2D eigenvalue weighted by molar-refractivity contribution is -0.140. The molecular formula is C16H15F4N. The minimum atomic E-state index is -4.70. The van der Waals surface area contributed by atoms with Crippen molar-refractivity contribution in [1.29, 1.82) is 0 Å². The maximum atomic E-state index is 13.6. The Morgan fingerprint density at radius 3 is 2.10 bits per heavy atom. The fraction of sp³-hybridized carbons (Fsp3) is 0.250. The van der Waals surface area contributed by atoms with Crippen LogP contribution in [0.25, 0.3) is 0 Å². The number of alkyl halides is 3. The maximum Gasteiger partial charge on any atom is 0.419 e. The van der Waals surface area contributed by atoms with Gasteiger partial charge in [-0.15, -0.1) is 0 Å². The van der Waals surface area contributed by atoms with Crippen LogP contribution < -0.4 is 5.73 Å². The van der Waals surface area contributed by atoms with Gasteiger partial charge in [-0.05, 0) is 23.3 Å². The Labute approximate surface area is 120 Å². The summed E-state index contributed by atoms with van der Waals surface area (Å²) in [5, 5.41) is 0. The second-order valence-corrected chi connectivity index (χ2v) is 4.96. The lowest BCUT2D eigenvalue weighted by Gasteiger charge is -2.21. The Kier molecular flexibility index (Phi) is 4.32. The van der Waals surface area contributed by atoms with Crippen LogP contribution in [0.4, 0.5) is 17.6 Å². The van der Waals surface area contributed by atoms with Crippen molar-refractivity contribution >= 4 is 0 Å². The highest BCUT2D eigenvalue weighted by molar-refractivity contribution is 5.31. The van der Waals surface area contributed by atoms with Crippen LogP contribution in [0.2, 0.25) is 0 Å². The number of rotatable bonds is 3. The Morgan fingerprint density at radius 1 is 0.952 bits per heavy atom. The molecule has 5 heteroatoms. The highest BCUT2D eigenvalue weighted by Crippen LogP contribution is 2.34. The van der Waals surface area contributed by atoms with Gasteiger partial charge in [0.15, 0.2) is 0 Å². The van der Waals surface area contributed by atoms with Crippen molar-refractivity contribution < 1.29 is 17.6 Å². The Hall–Kier alpha value is -1.88. The van der Waals surface area contributed by atoms with E-state index >= 15 is 0 Å². The van der Waals surface area contributed by atoms with Gasteiger partial charge < -0.3 is 5.73 Å². The zero-order valence-corrected chi connectivity index (χ0v) is 11.4. The summed E-state index contributed by atoms with van der Waals surface area (Å²) in [7, 11) is 0. The largest absolute Gasteiger partial charge is 0.419 e. The molecule has 0 saturated carbocycles. The van der Waals surface area contributed by atoms with Crippen LogP contribution in [-0.2, 0) is 6.18 Å². The molecule has 2 N–H and O–H groups in total. The standard InChI is InChI=1S/C16H15F4N/c1-10(11-5-3-2-4-6-11)15(21)12-7-8-13(14(17)9-12)16(18,19)20/h2-10,15H,21H2,1H3. The van der Waals surface area contributed by atoms with Crippen molar-refractivity contribution in [1.82, 2.24) is 0 Å². The van der Waals surface area contributed by atoms with Gasteiger partial charge in [-0.2, -0.15) is 13.2 Å². The summed E-state index contributed by atoms with van der Waals surface area (Å²) < 4.78 is 51.2. The van der Waals surface area contributed by atoms with E-state index in [1.165, 1.54) is 6.07 Å². The Balaban J connectivity index is 2.28. The third kappa shape index (κ3) is 3.42. The number of halogens is 4. The average molecular weight is 297 g/mol. The molecule has 0 fully saturated rings. The third-order valence-corrected chi connectivity index (χ3v) is 3.55. The first-order valence-electron chi connectivity index (χ1n) is 6.48. The molecule has 0 spiro atoms. The van der Waals surface area contributed by atoms with E-state index in [2.05, 4.69) is 0 Å². The summed E-state index contributed by atoms with van der Waals surface area (Å²) in [4.78, 5) is 0. The number of hydrogen-bond acceptors (Lipinski definition) is 1. The van der Waals surface area contributed by atoms with Crippen molar-refractivity contribution in [3.05, 3.63) is 71.0 Å². The van der Waals surface area contributed by atoms with E-state index in [0.717, 1.165) is 17.7 Å². The molecule has 0 aliphatic rings. The third-order valence-electron chi connectivity index (χ3n) is 3.55. The van der Waals surface area contributed by atoms with Crippen molar-refractivity contribution in [2.45, 2.75) is 25.1 Å². The van der Waals surface area contributed by atoms with Crippen LogP contribution in [0.15, 0.2) is 48.5 Å². The summed E-state index contributed by atoms with van der Waals surface area (Å²) in [6.45, 7) is 1.86. The molecule has 0 saturated heterocycles. The molecule has 1 nitrogen and oxygen atoms in total. The molecule has 0 amide bonds. The summed E-state index contributed by atoms with van der Waals surface area (Å²) in [5.74, 6) is -1.43. The lowest BCUT2D eigenvalue weighted by Crippen LogP contribution is -2.18. The fourth-order valence-corrected chi connectivity index (χ4v) is 2.22. The topological polar surface area (TPSA) is 26.0 Å². The Bertz CT molecular complexity index is 607. The molecular weight excluding hydrogens is 282 g/mol. The molecule has 2 atom stereocenters. The average Bonchev–Trinajstić information content (AvgIpc) is 2.45. The second-order valence-electron chi connectivity index (χ2n) is 4.96. The van der Waals surface area contributed by atoms with Crippen molar-refractivity contribution in [3.63, 3.8) is 0 Å². The smallest absolute Gasteiger partial charge is 0.323 e. The van der Waals surface area contributed by atoms with Gasteiger partial charge in [-0.1, -0.05) is 43.3 Å². The quantitative estimate of drug-likeness (QED) is 0.820. The van der Waals surface area contributed by atoms with Crippen LogP contribution in [0.3, 0.4) is 0 Å². The Morgan fingerprint density at radius 2 is 1.57 bits per heavy atom. The van der Waals surface area contributed by atoms with E-state index in [1.807, 2.05) is 37.3 Å². The van der Waals surface area contributed by atoms with Crippen molar-refractivity contribution in [3.8, 4) is 0 Å². The molecule has 0 aliphatic heterocycles. The predicted molar refractivity (Wildman–Crippen MR) is 73.2 cm³/mol. The number of hydrogen-bond donors (Lipinski definition) is 1. The van der Waals surface area contributed by atoms with E-state index in [0.29, 0.717) is 5.56 Å². The van der Waals surface area contributed by atoms with Gasteiger partial charge in [-0.25, -0.2) is 4.39 Å². The van der Waals surface area contributed by atoms with Gasteiger partial charge in [0.2, 0.25) is 0 Å². The highest BCUT2D eigenvalue weighted by atomic mass is 19.4. The normalized spacial score (nSPS) is 14.8. The van der Waals surface area contributed by atoms with E-state index in [1.54, 1.807) is 0 Å². The van der Waals surface area contributed by atoms with E-state index < -0.39 is 23.6 Å². The van der Waals surface area contributed by atoms with Crippen LogP contribution >= 0.6 is 0 Å². The molecule has 2 rings (SSSR count). The van der Waals surface area contributed by atoms with Gasteiger partial charge in [0, 0.05) is 12.0 Å².